The number of nitrogens with two attached hydrogens (primary N) is 3. The standard InChI is InChI=1S/C26H34N8O5S/c27-22(28)18-10-12-19(13-11-18)23(35)32-24(36)21-9-5-15-34(21)25(37)20(8-4-14-31-26(29)30)33-40(38,39)16-17-6-2-1-3-7-17/h1-3,6-7,10-13,20-21,33H,4-5,8-9,14-16H2,(H3,27,28)(H4,29,30,31)(H,32,35,36)/t20-,21+/m1/s1. The number of carbonyl (C=O) groups excluding carboxylic acids is 3. The van der Waals surface area contributed by atoms with Crippen molar-refractivity contribution in [1.29, 1.82) is 5.41 Å². The number of nitrogens with zero attached hydrogens (tertiary/aromatic N) is 2. The summed E-state index contributed by atoms with van der Waals surface area (Å²) in [5, 5.41) is 9.76. The molecule has 0 aromatic heterocycles. The molecule has 1 aliphatic rings. The van der Waals surface area contributed by atoms with Crippen molar-refractivity contribution >= 4 is 39.5 Å². The summed E-state index contributed by atoms with van der Waals surface area (Å²) in [5.74, 6) is -2.52. The van der Waals surface area contributed by atoms with Gasteiger partial charge in [0.25, 0.3) is 5.91 Å². The summed E-state index contributed by atoms with van der Waals surface area (Å²) >= 11 is 0. The van der Waals surface area contributed by atoms with Crippen molar-refractivity contribution in [2.75, 3.05) is 13.1 Å². The van der Waals surface area contributed by atoms with E-state index in [1.165, 1.54) is 29.2 Å². The van der Waals surface area contributed by atoms with Crippen molar-refractivity contribution in [3.8, 4) is 0 Å². The number of benzene rings is 2. The number of sulfonamides is 1. The zero-order chi connectivity index (χ0) is 29.3. The van der Waals surface area contributed by atoms with E-state index < -0.39 is 39.8 Å². The van der Waals surface area contributed by atoms with Crippen LogP contribution in [0.3, 0.4) is 0 Å². The first-order valence-corrected chi connectivity index (χ1v) is 14.3. The third kappa shape index (κ3) is 8.61. The van der Waals surface area contributed by atoms with Gasteiger partial charge in [-0.3, -0.25) is 30.1 Å². The molecule has 3 amide bonds. The quantitative estimate of drug-likeness (QED) is 0.0861. The molecule has 1 saturated heterocycles. The van der Waals surface area contributed by atoms with Crippen LogP contribution in [-0.2, 0) is 25.4 Å². The normalized spacial score (nSPS) is 15.7. The van der Waals surface area contributed by atoms with Gasteiger partial charge in [-0.2, -0.15) is 0 Å². The SMILES string of the molecule is N=C(N)c1ccc(C(=O)NC(=O)[C@@H]2CCCN2C(=O)[C@@H](CCCN=C(N)N)NS(=O)(=O)Cc2ccccc2)cc1. The van der Waals surface area contributed by atoms with E-state index in [1.807, 2.05) is 0 Å². The van der Waals surface area contributed by atoms with Gasteiger partial charge < -0.3 is 22.1 Å². The fraction of sp³-hybridized carbons (Fsp3) is 0.346. The number of hydrogen-bond donors (Lipinski definition) is 6. The predicted octanol–water partition coefficient (Wildman–Crippen LogP) is -0.240. The summed E-state index contributed by atoms with van der Waals surface area (Å²) in [6.45, 7) is 0.413. The molecular formula is C26H34N8O5S. The molecule has 0 unspecified atom stereocenters. The van der Waals surface area contributed by atoms with Crippen molar-refractivity contribution < 1.29 is 22.8 Å². The first-order valence-electron chi connectivity index (χ1n) is 12.7. The molecule has 40 heavy (non-hydrogen) atoms. The highest BCUT2D eigenvalue weighted by Crippen LogP contribution is 2.21. The van der Waals surface area contributed by atoms with Crippen LogP contribution in [0.25, 0.3) is 0 Å². The van der Waals surface area contributed by atoms with E-state index in [-0.39, 0.29) is 42.6 Å². The number of carbonyl (C=O) groups is 3. The van der Waals surface area contributed by atoms with Crippen LogP contribution in [0.5, 0.6) is 0 Å². The Kier molecular flexibility index (Phi) is 10.3. The number of nitrogens with one attached hydrogen (secondary N) is 3. The molecule has 1 fully saturated rings. The molecule has 0 aliphatic carbocycles. The molecule has 0 radical (unpaired) electrons. The molecule has 14 heteroatoms. The minimum atomic E-state index is -3.93. The second-order valence-corrected chi connectivity index (χ2v) is 11.1. The molecule has 13 nitrogen and oxygen atoms in total. The molecule has 2 atom stereocenters. The zero-order valence-electron chi connectivity index (χ0n) is 21.9. The van der Waals surface area contributed by atoms with Crippen molar-refractivity contribution in [2.24, 2.45) is 22.2 Å². The minimum Gasteiger partial charge on any atom is -0.384 e. The lowest BCUT2D eigenvalue weighted by Crippen LogP contribution is -2.54. The lowest BCUT2D eigenvalue weighted by Gasteiger charge is -2.28. The largest absolute Gasteiger partial charge is 0.384 e. The number of nitrogen functional groups attached to an aromatic ring is 1. The van der Waals surface area contributed by atoms with Crippen LogP contribution < -0.4 is 27.2 Å². The number of rotatable bonds is 12. The van der Waals surface area contributed by atoms with Gasteiger partial charge in [0.1, 0.15) is 17.9 Å². The Morgan fingerprint density at radius 1 is 1.02 bits per heavy atom. The van der Waals surface area contributed by atoms with E-state index in [4.69, 9.17) is 22.6 Å². The lowest BCUT2D eigenvalue weighted by molar-refractivity contribution is -0.139. The van der Waals surface area contributed by atoms with Gasteiger partial charge in [-0.25, -0.2) is 13.1 Å². The molecule has 3 rings (SSSR count). The maximum atomic E-state index is 13.6. The summed E-state index contributed by atoms with van der Waals surface area (Å²) in [7, 11) is -3.93. The topological polar surface area (TPSA) is 227 Å². The van der Waals surface area contributed by atoms with Gasteiger partial charge >= 0.3 is 0 Å². The van der Waals surface area contributed by atoms with E-state index in [1.54, 1.807) is 30.3 Å². The Balaban J connectivity index is 1.73. The Hall–Kier alpha value is -4.30. The molecule has 0 saturated carbocycles. The van der Waals surface area contributed by atoms with Crippen LogP contribution in [0, 0.1) is 5.41 Å². The molecule has 2 aromatic rings. The van der Waals surface area contributed by atoms with Gasteiger partial charge in [0.05, 0.1) is 5.75 Å². The van der Waals surface area contributed by atoms with E-state index >= 15 is 0 Å². The van der Waals surface area contributed by atoms with Gasteiger partial charge in [0, 0.05) is 24.2 Å². The summed E-state index contributed by atoms with van der Waals surface area (Å²) in [6, 6.07) is 12.3. The number of aliphatic imine (C=N–C) groups is 1. The summed E-state index contributed by atoms with van der Waals surface area (Å²) in [5.41, 5.74) is 17.3. The van der Waals surface area contributed by atoms with Gasteiger partial charge in [-0.05, 0) is 43.4 Å². The number of amides is 3. The van der Waals surface area contributed by atoms with Crippen molar-refractivity contribution in [2.45, 2.75) is 43.5 Å². The first kappa shape index (κ1) is 30.2. The Labute approximate surface area is 232 Å². The third-order valence-electron chi connectivity index (χ3n) is 6.30. The molecule has 1 heterocycles. The fourth-order valence-electron chi connectivity index (χ4n) is 4.36. The van der Waals surface area contributed by atoms with Crippen LogP contribution in [0.2, 0.25) is 0 Å². The van der Waals surface area contributed by atoms with Gasteiger partial charge in [-0.15, -0.1) is 0 Å². The second kappa shape index (κ2) is 13.7. The van der Waals surface area contributed by atoms with Crippen LogP contribution >= 0.6 is 0 Å². The Morgan fingerprint density at radius 2 is 1.68 bits per heavy atom. The number of likely N-dealkylation sites (tertiary alicyclic amines) is 1. The van der Waals surface area contributed by atoms with E-state index in [0.717, 1.165) is 0 Å². The van der Waals surface area contributed by atoms with Crippen LogP contribution in [0.15, 0.2) is 59.6 Å². The number of hydrogen-bond acceptors (Lipinski definition) is 7. The van der Waals surface area contributed by atoms with Gasteiger partial charge in [0.15, 0.2) is 5.96 Å². The van der Waals surface area contributed by atoms with Crippen LogP contribution in [0.4, 0.5) is 0 Å². The molecule has 0 bridgehead atoms. The molecule has 9 N–H and O–H groups in total. The predicted molar refractivity (Wildman–Crippen MR) is 151 cm³/mol. The van der Waals surface area contributed by atoms with E-state index in [0.29, 0.717) is 30.4 Å². The average Bonchev–Trinajstić information content (AvgIpc) is 3.40. The van der Waals surface area contributed by atoms with Gasteiger partial charge in [-0.1, -0.05) is 42.5 Å². The Morgan fingerprint density at radius 3 is 2.30 bits per heavy atom. The van der Waals surface area contributed by atoms with E-state index in [2.05, 4.69) is 15.0 Å². The first-order chi connectivity index (χ1) is 19.0. The molecule has 1 aliphatic heterocycles. The van der Waals surface area contributed by atoms with Crippen LogP contribution in [0.1, 0.15) is 47.2 Å². The number of amidine groups is 1. The van der Waals surface area contributed by atoms with Crippen molar-refractivity contribution in [3.05, 3.63) is 71.3 Å². The zero-order valence-corrected chi connectivity index (χ0v) is 22.7. The summed E-state index contributed by atoms with van der Waals surface area (Å²) < 4.78 is 28.4. The van der Waals surface area contributed by atoms with Gasteiger partial charge in [0.2, 0.25) is 21.8 Å². The highest BCUT2D eigenvalue weighted by Gasteiger charge is 2.38. The highest BCUT2D eigenvalue weighted by molar-refractivity contribution is 7.88. The van der Waals surface area contributed by atoms with Crippen molar-refractivity contribution in [1.82, 2.24) is 14.9 Å². The maximum Gasteiger partial charge on any atom is 0.257 e. The summed E-state index contributed by atoms with van der Waals surface area (Å²) in [4.78, 5) is 44.5. The average molecular weight is 571 g/mol. The number of imide groups is 1. The smallest absolute Gasteiger partial charge is 0.257 e. The monoisotopic (exact) mass is 570 g/mol. The molecule has 214 valence electrons. The third-order valence-corrected chi connectivity index (χ3v) is 7.66. The fourth-order valence-corrected chi connectivity index (χ4v) is 5.73. The van der Waals surface area contributed by atoms with Crippen LogP contribution in [-0.4, -0.2) is 68.0 Å². The highest BCUT2D eigenvalue weighted by atomic mass is 32.2. The lowest BCUT2D eigenvalue weighted by atomic mass is 10.1. The Bertz CT molecular complexity index is 1360. The minimum absolute atomic E-state index is 0.0932. The molecular weight excluding hydrogens is 536 g/mol. The number of guanidine groups is 1. The summed E-state index contributed by atoms with van der Waals surface area (Å²) in [6.07, 6.45) is 1.21. The van der Waals surface area contributed by atoms with E-state index in [9.17, 15) is 22.8 Å². The second-order valence-electron chi connectivity index (χ2n) is 9.36. The molecule has 0 spiro atoms. The molecule has 2 aromatic carbocycles. The van der Waals surface area contributed by atoms with Crippen molar-refractivity contribution in [3.63, 3.8) is 0 Å². The maximum absolute atomic E-state index is 13.6.